The number of nitrogens with zero attached hydrogens (tertiary/aromatic N) is 1. The summed E-state index contributed by atoms with van der Waals surface area (Å²) in [6.45, 7) is 15.8. The van der Waals surface area contributed by atoms with E-state index in [1.807, 2.05) is 46.1 Å². The molecule has 0 aromatic carbocycles. The van der Waals surface area contributed by atoms with Crippen LogP contribution in [0, 0.1) is 25.3 Å². The molecule has 0 saturated heterocycles. The Balaban J connectivity index is -0.000000177. The van der Waals surface area contributed by atoms with E-state index in [9.17, 15) is 4.79 Å². The molecule has 2 nitrogen and oxygen atoms in total. The molecule has 0 bridgehead atoms. The molecule has 0 aliphatic heterocycles. The van der Waals surface area contributed by atoms with Gasteiger partial charge in [0.05, 0.1) is 0 Å². The van der Waals surface area contributed by atoms with Gasteiger partial charge in [0, 0.05) is 38.5 Å². The monoisotopic (exact) mass is 404 g/mol. The Labute approximate surface area is 165 Å². The number of Topliss-reactive ketones (excluding diaryl/α,β-unsaturated/α-hetero) is 1. The number of hydrogen-bond acceptors (Lipinski definition) is 2. The summed E-state index contributed by atoms with van der Waals surface area (Å²) in [5.41, 5.74) is 0. The fraction of sp³-hybridized carbons (Fsp3) is 0.714. The van der Waals surface area contributed by atoms with E-state index in [0.717, 1.165) is 6.04 Å². The zero-order valence-electron chi connectivity index (χ0n) is 13.2. The molecule has 1 radical (unpaired) electrons. The first kappa shape index (κ1) is 28.0. The van der Waals surface area contributed by atoms with Crippen molar-refractivity contribution in [3.8, 4) is 0 Å². The van der Waals surface area contributed by atoms with Crippen LogP contribution >= 0.6 is 0 Å². The fourth-order valence-corrected chi connectivity index (χ4v) is 1.12. The van der Waals surface area contributed by atoms with Gasteiger partial charge in [-0.15, -0.1) is 0 Å². The maximum atomic E-state index is 11.7. The molecule has 0 amide bonds. The van der Waals surface area contributed by atoms with Crippen LogP contribution in [0.5, 0.6) is 0 Å². The van der Waals surface area contributed by atoms with E-state index in [4.69, 9.17) is 0 Å². The van der Waals surface area contributed by atoms with Crippen LogP contribution in [0.15, 0.2) is 0 Å². The van der Waals surface area contributed by atoms with Gasteiger partial charge in [0.1, 0.15) is 0 Å². The molecule has 0 saturated carbocycles. The van der Waals surface area contributed by atoms with Crippen LogP contribution in [0.3, 0.4) is 0 Å². The zero-order valence-corrected chi connectivity index (χ0v) is 18.8. The van der Waals surface area contributed by atoms with Crippen molar-refractivity contribution >= 4 is 5.78 Å². The molecular weight excluding hydrogens is 376 g/mol. The third-order valence-corrected chi connectivity index (χ3v) is 2.25. The topological polar surface area (TPSA) is 20.3 Å². The predicted molar refractivity (Wildman–Crippen MR) is 71.6 cm³/mol. The summed E-state index contributed by atoms with van der Waals surface area (Å²) in [6, 6.07) is 1.20. The second-order valence-corrected chi connectivity index (χ2v) is 4.50. The van der Waals surface area contributed by atoms with Gasteiger partial charge >= 0.3 is 32.7 Å². The predicted octanol–water partition coefficient (Wildman–Crippen LogP) is 3.53. The van der Waals surface area contributed by atoms with E-state index >= 15 is 0 Å². The molecule has 0 unspecified atom stereocenters. The van der Waals surface area contributed by atoms with Crippen LogP contribution in [-0.4, -0.2) is 23.8 Å². The van der Waals surface area contributed by atoms with Crippen LogP contribution in [0.4, 0.5) is 0 Å². The zero-order chi connectivity index (χ0) is 13.3. The minimum absolute atomic E-state index is 0. The number of ketones is 1. The summed E-state index contributed by atoms with van der Waals surface area (Å²) >= 11 is 0. The Morgan fingerprint density at radius 3 is 1.78 bits per heavy atom. The molecular formula is C14H28NOY2. The Morgan fingerprint density at radius 2 is 1.61 bits per heavy atom. The van der Waals surface area contributed by atoms with Crippen LogP contribution < -0.4 is 0 Å². The molecule has 0 fully saturated rings. The first-order valence-corrected chi connectivity index (χ1v) is 5.99. The maximum Gasteiger partial charge on any atom is 3.00 e. The average molecular weight is 404 g/mol. The van der Waals surface area contributed by atoms with Crippen molar-refractivity contribution in [3.05, 3.63) is 19.4 Å². The smallest absolute Gasteiger partial charge is 0.434 e. The third-order valence-electron chi connectivity index (χ3n) is 2.25. The quantitative estimate of drug-likeness (QED) is 0.654. The number of carbonyl (C=O) groups excluding carboxylic acids is 1. The first-order chi connectivity index (χ1) is 7.33. The molecule has 4 heteroatoms. The summed E-state index contributed by atoms with van der Waals surface area (Å²) in [5.74, 6) is 0.282. The molecule has 0 aliphatic rings. The maximum absolute atomic E-state index is 11.7. The van der Waals surface area contributed by atoms with Crippen molar-refractivity contribution in [2.24, 2.45) is 5.92 Å². The van der Waals surface area contributed by atoms with Gasteiger partial charge in [-0.1, -0.05) is 27.7 Å². The summed E-state index contributed by atoms with van der Waals surface area (Å²) in [5, 5.41) is 0. The van der Waals surface area contributed by atoms with Crippen molar-refractivity contribution in [2.75, 3.05) is 7.05 Å². The molecule has 0 rings (SSSR count). The van der Waals surface area contributed by atoms with Crippen LogP contribution in [0.1, 0.15) is 48.0 Å². The number of rotatable bonds is 5. The van der Waals surface area contributed by atoms with E-state index in [0.29, 0.717) is 12.5 Å². The first-order valence-electron chi connectivity index (χ1n) is 5.99. The fourth-order valence-electron chi connectivity index (χ4n) is 1.12. The second kappa shape index (κ2) is 16.8. The summed E-state index contributed by atoms with van der Waals surface area (Å²) in [6.07, 6.45) is 2.58. The Kier molecular flexibility index (Phi) is 26.0. The average Bonchev–Trinajstić information content (AvgIpc) is 2.19. The normalized spacial score (nSPS) is 9.28. The van der Waals surface area contributed by atoms with Gasteiger partial charge in [0.15, 0.2) is 0 Å². The van der Waals surface area contributed by atoms with Crippen molar-refractivity contribution in [1.29, 1.82) is 0 Å². The van der Waals surface area contributed by atoms with E-state index in [-0.39, 0.29) is 77.1 Å². The number of hydrogen-bond donors (Lipinski definition) is 0. The van der Waals surface area contributed by atoms with E-state index in [1.54, 1.807) is 0 Å². The van der Waals surface area contributed by atoms with Gasteiger partial charge in [0.2, 0.25) is 0 Å². The second-order valence-electron chi connectivity index (χ2n) is 4.50. The van der Waals surface area contributed by atoms with Crippen LogP contribution in [-0.2, 0) is 70.2 Å². The van der Waals surface area contributed by atoms with Gasteiger partial charge in [-0.25, -0.2) is 0 Å². The number of carbonyl (C=O) groups is 1. The van der Waals surface area contributed by atoms with Gasteiger partial charge in [-0.2, -0.15) is 13.8 Å². The molecule has 0 aromatic rings. The molecule has 0 aliphatic carbocycles. The molecule has 0 spiro atoms. The Hall–Kier alpha value is 1.71. The van der Waals surface area contributed by atoms with Crippen LogP contribution in [0.2, 0.25) is 0 Å². The van der Waals surface area contributed by atoms with E-state index in [2.05, 4.69) is 20.8 Å². The molecule has 0 heterocycles. The molecule has 0 N–H and O–H groups in total. The summed E-state index contributed by atoms with van der Waals surface area (Å²) in [4.78, 5) is 13.7. The van der Waals surface area contributed by atoms with Gasteiger partial charge in [-0.05, 0) is 19.0 Å². The Bertz CT molecular complexity index is 185. The number of likely N-dealkylation sites (N-methyl/N-ethyl adjacent to an activating group) is 1. The van der Waals surface area contributed by atoms with Crippen LogP contribution in [0.25, 0.3) is 0 Å². The van der Waals surface area contributed by atoms with Crippen molar-refractivity contribution in [1.82, 2.24) is 4.90 Å². The van der Waals surface area contributed by atoms with Crippen molar-refractivity contribution in [2.45, 2.75) is 54.0 Å². The summed E-state index contributed by atoms with van der Waals surface area (Å²) in [7, 11) is 1.95. The summed E-state index contributed by atoms with van der Waals surface area (Å²) < 4.78 is 0. The van der Waals surface area contributed by atoms with Gasteiger partial charge in [0.25, 0.3) is 0 Å². The van der Waals surface area contributed by atoms with Crippen molar-refractivity contribution in [3.63, 3.8) is 0 Å². The van der Waals surface area contributed by atoms with E-state index < -0.39 is 0 Å². The molecule has 101 valence electrons. The van der Waals surface area contributed by atoms with E-state index in [1.165, 1.54) is 0 Å². The molecule has 0 aromatic heterocycles. The largest absolute Gasteiger partial charge is 3.00 e. The molecule has 0 atom stereocenters. The molecule has 18 heavy (non-hydrogen) atoms. The minimum Gasteiger partial charge on any atom is -0.434 e. The third kappa shape index (κ3) is 12.7. The van der Waals surface area contributed by atoms with Crippen molar-refractivity contribution < 1.29 is 70.2 Å². The van der Waals surface area contributed by atoms with Gasteiger partial charge in [-0.3, -0.25) is 12.5 Å². The Morgan fingerprint density at radius 1 is 1.28 bits per heavy atom. The minimum atomic E-state index is 0. The SMILES string of the molecule is C[CH-]C.[CH2-]C[C-](C(=O)C(C)C)N(C)C(C)C.[Y+3].[Y]. The standard InChI is InChI=1S/C11H21NO.C3H7.2Y/c1-7-10(11(13)8(2)3)12(6)9(4)5;1-3-2;;/h8-9H,1,7H2,2-6H3;3H,1-2H3;;/q-2;-1;;+3. The van der Waals surface area contributed by atoms with Gasteiger partial charge < -0.3 is 23.0 Å².